The van der Waals surface area contributed by atoms with Gasteiger partial charge in [0, 0.05) is 23.4 Å². The van der Waals surface area contributed by atoms with Crippen molar-refractivity contribution < 1.29 is 0 Å². The molecule has 1 aromatic carbocycles. The predicted octanol–water partition coefficient (Wildman–Crippen LogP) is 8.43. The van der Waals surface area contributed by atoms with E-state index in [0.717, 1.165) is 17.4 Å². The Labute approximate surface area is 184 Å². The second-order valence-corrected chi connectivity index (χ2v) is 9.45. The molecule has 2 heteroatoms. The third-order valence-corrected chi connectivity index (χ3v) is 6.99. The van der Waals surface area contributed by atoms with Crippen LogP contribution in [-0.2, 0) is 6.42 Å². The number of hydrogen-bond donors (Lipinski definition) is 0. The second-order valence-electron chi connectivity index (χ2n) is 9.45. The van der Waals surface area contributed by atoms with Gasteiger partial charge in [-0.15, -0.1) is 0 Å². The molecule has 0 aliphatic heterocycles. The zero-order valence-corrected chi connectivity index (χ0v) is 19.6. The number of nitrogens with zero attached hydrogens (tertiary/aromatic N) is 2. The molecule has 0 bridgehead atoms. The monoisotopic (exact) mass is 406 g/mol. The average molecular weight is 407 g/mol. The van der Waals surface area contributed by atoms with Crippen LogP contribution in [0.4, 0.5) is 0 Å². The van der Waals surface area contributed by atoms with Crippen molar-refractivity contribution in [3.05, 3.63) is 47.5 Å². The number of hydrogen-bond acceptors (Lipinski definition) is 2. The number of rotatable bonds is 11. The summed E-state index contributed by atoms with van der Waals surface area (Å²) in [6.45, 7) is 6.73. The highest BCUT2D eigenvalue weighted by atomic mass is 14.9. The maximum Gasteiger partial charge on any atom is 0.131 e. The molecule has 164 valence electrons. The minimum Gasteiger partial charge on any atom is -0.240 e. The van der Waals surface area contributed by atoms with E-state index >= 15 is 0 Å². The van der Waals surface area contributed by atoms with Crippen LogP contribution < -0.4 is 0 Å². The lowest BCUT2D eigenvalue weighted by Crippen LogP contribution is -2.15. The highest BCUT2D eigenvalue weighted by molar-refractivity contribution is 5.65. The van der Waals surface area contributed by atoms with Crippen molar-refractivity contribution in [2.24, 2.45) is 5.92 Å². The third kappa shape index (κ3) is 6.65. The number of benzene rings is 1. The fourth-order valence-electron chi connectivity index (χ4n) is 5.04. The molecule has 1 heterocycles. The van der Waals surface area contributed by atoms with Crippen LogP contribution in [0.15, 0.2) is 30.5 Å². The van der Waals surface area contributed by atoms with Crippen LogP contribution in [0, 0.1) is 12.8 Å². The van der Waals surface area contributed by atoms with Crippen molar-refractivity contribution in [2.75, 3.05) is 0 Å². The van der Waals surface area contributed by atoms with Crippen LogP contribution in [-0.4, -0.2) is 9.97 Å². The summed E-state index contributed by atoms with van der Waals surface area (Å²) in [5, 5.41) is 0. The molecule has 2 nitrogen and oxygen atoms in total. The standard InChI is InChI=1S/C28H42N2/c1-4-6-7-8-9-10-12-24-13-17-25(18-14-24)27-21-29-28(30-22(27)3)26-19-15-23(11-5-2)16-20-26/h13-14,17-18,21,23,26H,4-12,15-16,19-20H2,1-3H3. The third-order valence-electron chi connectivity index (χ3n) is 6.99. The second kappa shape index (κ2) is 12.2. The molecule has 30 heavy (non-hydrogen) atoms. The van der Waals surface area contributed by atoms with Gasteiger partial charge in [0.1, 0.15) is 5.82 Å². The molecule has 0 unspecified atom stereocenters. The molecule has 1 saturated carbocycles. The molecule has 1 aliphatic rings. The minimum absolute atomic E-state index is 0.561. The summed E-state index contributed by atoms with van der Waals surface area (Å²) >= 11 is 0. The molecule has 0 saturated heterocycles. The molecule has 0 radical (unpaired) electrons. The Hall–Kier alpha value is -1.70. The first kappa shape index (κ1) is 23.0. The predicted molar refractivity (Wildman–Crippen MR) is 129 cm³/mol. The fraction of sp³-hybridized carbons (Fsp3) is 0.643. The van der Waals surface area contributed by atoms with E-state index in [4.69, 9.17) is 9.97 Å². The first-order chi connectivity index (χ1) is 14.7. The first-order valence-corrected chi connectivity index (χ1v) is 12.6. The van der Waals surface area contributed by atoms with Crippen molar-refractivity contribution in [3.8, 4) is 11.1 Å². The molecular formula is C28H42N2. The lowest BCUT2D eigenvalue weighted by Gasteiger charge is -2.27. The van der Waals surface area contributed by atoms with Crippen LogP contribution >= 0.6 is 0 Å². The van der Waals surface area contributed by atoms with E-state index in [9.17, 15) is 0 Å². The van der Waals surface area contributed by atoms with Crippen molar-refractivity contribution in [3.63, 3.8) is 0 Å². The Bertz CT molecular complexity index is 742. The summed E-state index contributed by atoms with van der Waals surface area (Å²) < 4.78 is 0. The molecule has 1 aromatic heterocycles. The fourth-order valence-corrected chi connectivity index (χ4v) is 5.04. The highest BCUT2D eigenvalue weighted by Gasteiger charge is 2.24. The lowest BCUT2D eigenvalue weighted by molar-refractivity contribution is 0.302. The zero-order chi connectivity index (χ0) is 21.2. The minimum atomic E-state index is 0.561. The van der Waals surface area contributed by atoms with Crippen molar-refractivity contribution >= 4 is 0 Å². The molecule has 3 rings (SSSR count). The Morgan fingerprint density at radius 1 is 0.833 bits per heavy atom. The molecule has 0 N–H and O–H groups in total. The van der Waals surface area contributed by atoms with Crippen molar-refractivity contribution in [1.82, 2.24) is 9.97 Å². The topological polar surface area (TPSA) is 25.8 Å². The average Bonchev–Trinajstić information content (AvgIpc) is 2.77. The normalized spacial score (nSPS) is 19.2. The van der Waals surface area contributed by atoms with Gasteiger partial charge in [-0.1, -0.05) is 83.1 Å². The van der Waals surface area contributed by atoms with Crippen LogP contribution in [0.25, 0.3) is 11.1 Å². The molecule has 0 amide bonds. The largest absolute Gasteiger partial charge is 0.240 e. The van der Waals surface area contributed by atoms with E-state index in [2.05, 4.69) is 51.2 Å². The van der Waals surface area contributed by atoms with Crippen molar-refractivity contribution in [2.45, 2.75) is 110 Å². The van der Waals surface area contributed by atoms with Crippen molar-refractivity contribution in [1.29, 1.82) is 0 Å². The molecule has 0 atom stereocenters. The lowest BCUT2D eigenvalue weighted by atomic mass is 9.79. The van der Waals surface area contributed by atoms with Gasteiger partial charge in [-0.05, 0) is 62.5 Å². The van der Waals surface area contributed by atoms with Crippen LogP contribution in [0.2, 0.25) is 0 Å². The van der Waals surface area contributed by atoms with E-state index in [-0.39, 0.29) is 0 Å². The van der Waals surface area contributed by atoms with Gasteiger partial charge < -0.3 is 0 Å². The summed E-state index contributed by atoms with van der Waals surface area (Å²) in [4.78, 5) is 9.75. The SMILES string of the molecule is CCCCCCCCc1ccc(-c2cnc(C3CCC(CCC)CC3)nc2C)cc1. The van der Waals surface area contributed by atoms with E-state index < -0.39 is 0 Å². The van der Waals surface area contributed by atoms with Gasteiger partial charge >= 0.3 is 0 Å². The number of unbranched alkanes of at least 4 members (excludes halogenated alkanes) is 5. The van der Waals surface area contributed by atoms with Gasteiger partial charge in [-0.25, -0.2) is 9.97 Å². The number of aromatic nitrogens is 2. The van der Waals surface area contributed by atoms with Gasteiger partial charge in [-0.3, -0.25) is 0 Å². The van der Waals surface area contributed by atoms with E-state index in [1.165, 1.54) is 100 Å². The van der Waals surface area contributed by atoms with Gasteiger partial charge in [0.15, 0.2) is 0 Å². The summed E-state index contributed by atoms with van der Waals surface area (Å²) in [5.41, 5.74) is 5.01. The molecule has 1 aliphatic carbocycles. The number of aryl methyl sites for hydroxylation is 2. The molecule has 1 fully saturated rings. The van der Waals surface area contributed by atoms with Gasteiger partial charge in [0.2, 0.25) is 0 Å². The van der Waals surface area contributed by atoms with Gasteiger partial charge in [0.05, 0.1) is 0 Å². The van der Waals surface area contributed by atoms with E-state index in [0.29, 0.717) is 5.92 Å². The van der Waals surface area contributed by atoms with Crippen LogP contribution in [0.5, 0.6) is 0 Å². The Morgan fingerprint density at radius 2 is 1.53 bits per heavy atom. The van der Waals surface area contributed by atoms with Gasteiger partial charge in [-0.2, -0.15) is 0 Å². The van der Waals surface area contributed by atoms with E-state index in [1.54, 1.807) is 0 Å². The summed E-state index contributed by atoms with van der Waals surface area (Å²) in [6.07, 6.45) is 19.3. The van der Waals surface area contributed by atoms with E-state index in [1.807, 2.05) is 0 Å². The van der Waals surface area contributed by atoms with Crippen LogP contribution in [0.3, 0.4) is 0 Å². The summed E-state index contributed by atoms with van der Waals surface area (Å²) in [5.74, 6) is 2.57. The highest BCUT2D eigenvalue weighted by Crippen LogP contribution is 2.36. The quantitative estimate of drug-likeness (QED) is 0.350. The maximum atomic E-state index is 4.94. The molecule has 2 aromatic rings. The zero-order valence-electron chi connectivity index (χ0n) is 19.6. The van der Waals surface area contributed by atoms with Crippen LogP contribution in [0.1, 0.15) is 114 Å². The molecular weight excluding hydrogens is 364 g/mol. The Morgan fingerprint density at radius 3 is 2.20 bits per heavy atom. The molecule has 0 spiro atoms. The smallest absolute Gasteiger partial charge is 0.131 e. The summed E-state index contributed by atoms with van der Waals surface area (Å²) in [6, 6.07) is 9.11. The Kier molecular flexibility index (Phi) is 9.36. The van der Waals surface area contributed by atoms with Gasteiger partial charge in [0.25, 0.3) is 0 Å². The first-order valence-electron chi connectivity index (χ1n) is 12.6. The Balaban J connectivity index is 1.53. The summed E-state index contributed by atoms with van der Waals surface area (Å²) in [7, 11) is 0. The maximum absolute atomic E-state index is 4.94.